The van der Waals surface area contributed by atoms with Crippen LogP contribution in [0.15, 0.2) is 24.3 Å². The van der Waals surface area contributed by atoms with E-state index in [-0.39, 0.29) is 5.91 Å². The normalized spacial score (nSPS) is 17.3. The highest BCUT2D eigenvalue weighted by Crippen LogP contribution is 2.17. The van der Waals surface area contributed by atoms with Gasteiger partial charge in [0.1, 0.15) is 0 Å². The first-order valence-corrected chi connectivity index (χ1v) is 6.43. The highest BCUT2D eigenvalue weighted by molar-refractivity contribution is 5.99. The number of likely N-dealkylation sites (tertiary alicyclic amines) is 1. The molecule has 0 radical (unpaired) electrons. The zero-order valence-electron chi connectivity index (χ0n) is 10.2. The zero-order chi connectivity index (χ0) is 12.1. The Hall–Kier alpha value is -1.51. The van der Waals surface area contributed by atoms with Crippen molar-refractivity contribution in [1.82, 2.24) is 4.90 Å². The lowest BCUT2D eigenvalue weighted by atomic mass is 10.1. The summed E-state index contributed by atoms with van der Waals surface area (Å²) >= 11 is 0. The van der Waals surface area contributed by atoms with Gasteiger partial charge in [-0.1, -0.05) is 31.4 Å². The van der Waals surface area contributed by atoms with Crippen LogP contribution in [0.2, 0.25) is 0 Å². The fraction of sp³-hybridized carbons (Fsp3) is 0.500. The number of para-hydroxylation sites is 1. The van der Waals surface area contributed by atoms with Crippen molar-refractivity contribution in [3.8, 4) is 0 Å². The van der Waals surface area contributed by atoms with Crippen LogP contribution in [0.1, 0.15) is 42.5 Å². The highest BCUT2D eigenvalue weighted by Gasteiger charge is 2.17. The van der Waals surface area contributed by atoms with Crippen molar-refractivity contribution in [2.75, 3.05) is 18.8 Å². The number of carbonyl (C=O) groups is 1. The number of rotatable bonds is 1. The third-order valence-electron chi connectivity index (χ3n) is 3.33. The van der Waals surface area contributed by atoms with E-state index in [0.717, 1.165) is 25.9 Å². The van der Waals surface area contributed by atoms with E-state index in [1.807, 2.05) is 23.1 Å². The summed E-state index contributed by atoms with van der Waals surface area (Å²) in [6, 6.07) is 7.33. The van der Waals surface area contributed by atoms with E-state index in [4.69, 9.17) is 5.73 Å². The van der Waals surface area contributed by atoms with Gasteiger partial charge in [-0.05, 0) is 25.0 Å². The first kappa shape index (κ1) is 12.0. The fourth-order valence-corrected chi connectivity index (χ4v) is 2.31. The van der Waals surface area contributed by atoms with Gasteiger partial charge in [0.05, 0.1) is 5.56 Å². The standard InChI is InChI=1S/C14H20N2O/c15-13-9-5-4-8-12(13)14(17)16-10-6-2-1-3-7-11-16/h4-5,8-9H,1-3,6-7,10-11,15H2. The van der Waals surface area contributed by atoms with Gasteiger partial charge in [-0.2, -0.15) is 0 Å². The van der Waals surface area contributed by atoms with Crippen molar-refractivity contribution in [3.05, 3.63) is 29.8 Å². The summed E-state index contributed by atoms with van der Waals surface area (Å²) in [6.45, 7) is 1.74. The second kappa shape index (κ2) is 5.71. The molecule has 0 unspecified atom stereocenters. The second-order valence-electron chi connectivity index (χ2n) is 4.65. The van der Waals surface area contributed by atoms with E-state index in [1.54, 1.807) is 6.07 Å². The lowest BCUT2D eigenvalue weighted by Crippen LogP contribution is -2.34. The first-order valence-electron chi connectivity index (χ1n) is 6.43. The number of benzene rings is 1. The number of anilines is 1. The van der Waals surface area contributed by atoms with E-state index < -0.39 is 0 Å². The van der Waals surface area contributed by atoms with Crippen LogP contribution in [0.5, 0.6) is 0 Å². The minimum absolute atomic E-state index is 0.0880. The van der Waals surface area contributed by atoms with Gasteiger partial charge in [-0.15, -0.1) is 0 Å². The molecule has 1 saturated heterocycles. The van der Waals surface area contributed by atoms with Gasteiger partial charge < -0.3 is 10.6 Å². The summed E-state index contributed by atoms with van der Waals surface area (Å²) in [4.78, 5) is 14.3. The lowest BCUT2D eigenvalue weighted by molar-refractivity contribution is 0.0743. The topological polar surface area (TPSA) is 46.3 Å². The number of nitrogen functional groups attached to an aromatic ring is 1. The molecule has 1 heterocycles. The van der Waals surface area contributed by atoms with Crippen molar-refractivity contribution in [2.45, 2.75) is 32.1 Å². The predicted molar refractivity (Wildman–Crippen MR) is 69.8 cm³/mol. The van der Waals surface area contributed by atoms with Crippen LogP contribution in [-0.2, 0) is 0 Å². The maximum atomic E-state index is 12.3. The van der Waals surface area contributed by atoms with Crippen molar-refractivity contribution < 1.29 is 4.79 Å². The van der Waals surface area contributed by atoms with Gasteiger partial charge in [-0.25, -0.2) is 0 Å². The number of nitrogens with zero attached hydrogens (tertiary/aromatic N) is 1. The largest absolute Gasteiger partial charge is 0.398 e. The van der Waals surface area contributed by atoms with Gasteiger partial charge >= 0.3 is 0 Å². The molecule has 17 heavy (non-hydrogen) atoms. The molecule has 0 aromatic heterocycles. The molecule has 3 nitrogen and oxygen atoms in total. The average molecular weight is 232 g/mol. The number of nitrogens with two attached hydrogens (primary N) is 1. The number of carbonyl (C=O) groups excluding carboxylic acids is 1. The maximum Gasteiger partial charge on any atom is 0.255 e. The molecule has 1 aliphatic heterocycles. The van der Waals surface area contributed by atoms with E-state index >= 15 is 0 Å². The Labute approximate surface area is 103 Å². The third kappa shape index (κ3) is 2.99. The molecule has 0 spiro atoms. The Bertz CT molecular complexity index is 382. The smallest absolute Gasteiger partial charge is 0.255 e. The highest BCUT2D eigenvalue weighted by atomic mass is 16.2. The summed E-state index contributed by atoms with van der Waals surface area (Å²) in [7, 11) is 0. The molecule has 0 bridgehead atoms. The van der Waals surface area contributed by atoms with Crippen LogP contribution in [0.3, 0.4) is 0 Å². The molecular weight excluding hydrogens is 212 g/mol. The molecule has 1 amide bonds. The Morgan fingerprint density at radius 1 is 1.00 bits per heavy atom. The van der Waals surface area contributed by atoms with Crippen LogP contribution in [0.25, 0.3) is 0 Å². The zero-order valence-corrected chi connectivity index (χ0v) is 10.2. The second-order valence-corrected chi connectivity index (χ2v) is 4.65. The molecule has 0 aliphatic carbocycles. The number of hydrogen-bond donors (Lipinski definition) is 1. The van der Waals surface area contributed by atoms with E-state index in [1.165, 1.54) is 19.3 Å². The number of hydrogen-bond acceptors (Lipinski definition) is 2. The molecule has 0 atom stereocenters. The minimum Gasteiger partial charge on any atom is -0.398 e. The maximum absolute atomic E-state index is 12.3. The van der Waals surface area contributed by atoms with Crippen molar-refractivity contribution in [2.24, 2.45) is 0 Å². The molecule has 3 heteroatoms. The predicted octanol–water partition coefficient (Wildman–Crippen LogP) is 2.68. The molecular formula is C14H20N2O. The van der Waals surface area contributed by atoms with Gasteiger partial charge in [0.25, 0.3) is 5.91 Å². The molecule has 1 aliphatic rings. The van der Waals surface area contributed by atoms with E-state index in [2.05, 4.69) is 0 Å². The molecule has 92 valence electrons. The summed E-state index contributed by atoms with van der Waals surface area (Å²) in [5.74, 6) is 0.0880. The van der Waals surface area contributed by atoms with Crippen LogP contribution >= 0.6 is 0 Å². The van der Waals surface area contributed by atoms with E-state index in [9.17, 15) is 4.79 Å². The number of amides is 1. The van der Waals surface area contributed by atoms with E-state index in [0.29, 0.717) is 11.3 Å². The average Bonchev–Trinajstić information content (AvgIpc) is 2.28. The molecule has 1 fully saturated rings. The summed E-state index contributed by atoms with van der Waals surface area (Å²) in [5.41, 5.74) is 7.08. The summed E-state index contributed by atoms with van der Waals surface area (Å²) < 4.78 is 0. The summed E-state index contributed by atoms with van der Waals surface area (Å²) in [6.07, 6.45) is 5.98. The summed E-state index contributed by atoms with van der Waals surface area (Å²) in [5, 5.41) is 0. The Balaban J connectivity index is 2.10. The van der Waals surface area contributed by atoms with Crippen LogP contribution in [0.4, 0.5) is 5.69 Å². The van der Waals surface area contributed by atoms with Crippen molar-refractivity contribution >= 4 is 11.6 Å². The lowest BCUT2D eigenvalue weighted by Gasteiger charge is -2.25. The quantitative estimate of drug-likeness (QED) is 0.757. The Morgan fingerprint density at radius 2 is 1.59 bits per heavy atom. The molecule has 2 rings (SSSR count). The van der Waals surface area contributed by atoms with Crippen LogP contribution in [-0.4, -0.2) is 23.9 Å². The first-order chi connectivity index (χ1) is 8.29. The third-order valence-corrected chi connectivity index (χ3v) is 3.33. The molecule has 0 saturated carbocycles. The van der Waals surface area contributed by atoms with Gasteiger partial charge in [-0.3, -0.25) is 4.79 Å². The van der Waals surface area contributed by atoms with Gasteiger partial charge in [0.15, 0.2) is 0 Å². The van der Waals surface area contributed by atoms with Crippen LogP contribution in [0, 0.1) is 0 Å². The molecule has 2 N–H and O–H groups in total. The van der Waals surface area contributed by atoms with Crippen molar-refractivity contribution in [3.63, 3.8) is 0 Å². The molecule has 1 aromatic rings. The Kier molecular flexibility index (Phi) is 4.02. The fourth-order valence-electron chi connectivity index (χ4n) is 2.31. The van der Waals surface area contributed by atoms with Gasteiger partial charge in [0, 0.05) is 18.8 Å². The molecule has 1 aromatic carbocycles. The SMILES string of the molecule is Nc1ccccc1C(=O)N1CCCCCCC1. The Morgan fingerprint density at radius 3 is 2.24 bits per heavy atom. The van der Waals surface area contributed by atoms with Crippen molar-refractivity contribution in [1.29, 1.82) is 0 Å². The van der Waals surface area contributed by atoms with Crippen LogP contribution < -0.4 is 5.73 Å². The monoisotopic (exact) mass is 232 g/mol. The minimum atomic E-state index is 0.0880. The van der Waals surface area contributed by atoms with Gasteiger partial charge in [0.2, 0.25) is 0 Å².